The van der Waals surface area contributed by atoms with Crippen molar-refractivity contribution in [3.8, 4) is 0 Å². The van der Waals surface area contributed by atoms with Gasteiger partial charge in [-0.15, -0.1) is 0 Å². The van der Waals surface area contributed by atoms with Crippen LogP contribution in [0.15, 0.2) is 22.8 Å². The third-order valence-electron chi connectivity index (χ3n) is 2.65. The van der Waals surface area contributed by atoms with E-state index in [1.807, 2.05) is 0 Å². The zero-order valence-corrected chi connectivity index (χ0v) is 11.1. The minimum absolute atomic E-state index is 0.144. The van der Waals surface area contributed by atoms with Crippen molar-refractivity contribution in [3.05, 3.63) is 28.5 Å². The molecular formula is C11H10BrN3O3. The van der Waals surface area contributed by atoms with Crippen LogP contribution >= 0.6 is 15.9 Å². The third-order valence-corrected chi connectivity index (χ3v) is 3.29. The maximum atomic E-state index is 12.2. The molecule has 18 heavy (non-hydrogen) atoms. The zero-order valence-electron chi connectivity index (χ0n) is 9.51. The second-order valence-corrected chi connectivity index (χ2v) is 4.71. The molecule has 1 aromatic rings. The number of rotatable bonds is 1. The number of pyridine rings is 1. The van der Waals surface area contributed by atoms with Crippen molar-refractivity contribution in [2.45, 2.75) is 13.0 Å². The predicted molar refractivity (Wildman–Crippen MR) is 65.6 cm³/mol. The van der Waals surface area contributed by atoms with Crippen molar-refractivity contribution in [2.75, 3.05) is 6.54 Å². The summed E-state index contributed by atoms with van der Waals surface area (Å²) < 4.78 is 0.528. The summed E-state index contributed by atoms with van der Waals surface area (Å²) in [4.78, 5) is 40.2. The van der Waals surface area contributed by atoms with Crippen molar-refractivity contribution in [3.63, 3.8) is 0 Å². The fraction of sp³-hybridized carbons (Fsp3) is 0.273. The maximum Gasteiger partial charge on any atom is 0.274 e. The van der Waals surface area contributed by atoms with Crippen LogP contribution in [-0.2, 0) is 9.59 Å². The standard InChI is InChI=1S/C11H10BrN3O3/c1-6-10(17)14-8(16)5-15(6)11(18)9-7(12)3-2-4-13-9/h2-4,6H,5H2,1H3,(H,14,16,17). The predicted octanol–water partition coefficient (Wildman–Crippen LogP) is 0.331. The summed E-state index contributed by atoms with van der Waals surface area (Å²) in [7, 11) is 0. The fourth-order valence-corrected chi connectivity index (χ4v) is 2.07. The van der Waals surface area contributed by atoms with Crippen LogP contribution in [0.2, 0.25) is 0 Å². The van der Waals surface area contributed by atoms with E-state index in [1.54, 1.807) is 19.1 Å². The highest BCUT2D eigenvalue weighted by molar-refractivity contribution is 9.10. The number of imide groups is 1. The molecule has 1 atom stereocenters. The summed E-state index contributed by atoms with van der Waals surface area (Å²) in [5.74, 6) is -1.41. The molecule has 1 N–H and O–H groups in total. The molecule has 1 unspecified atom stereocenters. The van der Waals surface area contributed by atoms with Crippen LogP contribution in [0.1, 0.15) is 17.4 Å². The van der Waals surface area contributed by atoms with Gasteiger partial charge in [0.15, 0.2) is 0 Å². The highest BCUT2D eigenvalue weighted by atomic mass is 79.9. The van der Waals surface area contributed by atoms with E-state index < -0.39 is 23.8 Å². The number of hydrogen-bond acceptors (Lipinski definition) is 4. The smallest absolute Gasteiger partial charge is 0.274 e. The Balaban J connectivity index is 2.31. The summed E-state index contributed by atoms with van der Waals surface area (Å²) in [6.07, 6.45) is 1.48. The second kappa shape index (κ2) is 4.85. The summed E-state index contributed by atoms with van der Waals surface area (Å²) >= 11 is 3.22. The first-order chi connectivity index (χ1) is 8.50. The van der Waals surface area contributed by atoms with Crippen LogP contribution in [0.3, 0.4) is 0 Å². The molecule has 1 aliphatic rings. The second-order valence-electron chi connectivity index (χ2n) is 3.86. The third kappa shape index (κ3) is 2.26. The molecule has 7 heteroatoms. The van der Waals surface area contributed by atoms with E-state index >= 15 is 0 Å². The lowest BCUT2D eigenvalue weighted by molar-refractivity contribution is -0.138. The van der Waals surface area contributed by atoms with E-state index in [-0.39, 0.29) is 12.2 Å². The largest absolute Gasteiger partial charge is 0.316 e. The highest BCUT2D eigenvalue weighted by Crippen LogP contribution is 2.17. The van der Waals surface area contributed by atoms with E-state index in [9.17, 15) is 14.4 Å². The molecule has 6 nitrogen and oxygen atoms in total. The average Bonchev–Trinajstić information content (AvgIpc) is 2.33. The molecule has 0 aromatic carbocycles. The normalized spacial score (nSPS) is 19.7. The molecule has 1 fully saturated rings. The van der Waals surface area contributed by atoms with Gasteiger partial charge in [-0.1, -0.05) is 0 Å². The van der Waals surface area contributed by atoms with Gasteiger partial charge >= 0.3 is 0 Å². The molecule has 1 aliphatic heterocycles. The average molecular weight is 312 g/mol. The Bertz CT molecular complexity index is 532. The summed E-state index contributed by atoms with van der Waals surface area (Å²) in [5, 5.41) is 2.18. The first-order valence-electron chi connectivity index (χ1n) is 5.26. The van der Waals surface area contributed by atoms with Gasteiger partial charge in [0.05, 0.1) is 0 Å². The van der Waals surface area contributed by atoms with Crippen LogP contribution in [0.5, 0.6) is 0 Å². The van der Waals surface area contributed by atoms with E-state index in [1.165, 1.54) is 11.1 Å². The van der Waals surface area contributed by atoms with Gasteiger partial charge in [0, 0.05) is 10.7 Å². The molecule has 0 saturated carbocycles. The SMILES string of the molecule is CC1C(=O)NC(=O)CN1C(=O)c1ncccc1Br. The molecule has 0 radical (unpaired) electrons. The van der Waals surface area contributed by atoms with Crippen molar-refractivity contribution in [1.29, 1.82) is 0 Å². The van der Waals surface area contributed by atoms with Crippen LogP contribution in [0.4, 0.5) is 0 Å². The Kier molecular flexibility index (Phi) is 3.42. The number of aromatic nitrogens is 1. The number of halogens is 1. The van der Waals surface area contributed by atoms with Crippen LogP contribution < -0.4 is 5.32 Å². The van der Waals surface area contributed by atoms with Crippen molar-refractivity contribution in [1.82, 2.24) is 15.2 Å². The van der Waals surface area contributed by atoms with Crippen LogP contribution in [-0.4, -0.2) is 40.2 Å². The summed E-state index contributed by atoms with van der Waals surface area (Å²) in [6, 6.07) is 2.67. The molecule has 0 bridgehead atoms. The maximum absolute atomic E-state index is 12.2. The number of carbonyl (C=O) groups is 3. The minimum Gasteiger partial charge on any atom is -0.316 e. The van der Waals surface area contributed by atoms with E-state index in [4.69, 9.17) is 0 Å². The lowest BCUT2D eigenvalue weighted by Crippen LogP contribution is -2.58. The quantitative estimate of drug-likeness (QED) is 0.758. The lowest BCUT2D eigenvalue weighted by Gasteiger charge is -2.31. The lowest BCUT2D eigenvalue weighted by atomic mass is 10.2. The van der Waals surface area contributed by atoms with Gasteiger partial charge < -0.3 is 4.90 Å². The molecule has 0 spiro atoms. The number of nitrogens with zero attached hydrogens (tertiary/aromatic N) is 2. The van der Waals surface area contributed by atoms with Gasteiger partial charge in [0.1, 0.15) is 18.3 Å². The molecule has 2 rings (SSSR count). The Hall–Kier alpha value is -1.76. The van der Waals surface area contributed by atoms with Gasteiger partial charge in [-0.2, -0.15) is 0 Å². The topological polar surface area (TPSA) is 79.4 Å². The number of hydrogen-bond donors (Lipinski definition) is 1. The van der Waals surface area contributed by atoms with Gasteiger partial charge in [0.25, 0.3) is 5.91 Å². The molecule has 1 aromatic heterocycles. The number of amides is 3. The fourth-order valence-electron chi connectivity index (χ4n) is 1.64. The van der Waals surface area contributed by atoms with Crippen LogP contribution in [0.25, 0.3) is 0 Å². The summed E-state index contributed by atoms with van der Waals surface area (Å²) in [6.45, 7) is 1.42. The molecule has 0 aliphatic carbocycles. The number of carbonyl (C=O) groups excluding carboxylic acids is 3. The Morgan fingerprint density at radius 3 is 2.94 bits per heavy atom. The molecular weight excluding hydrogens is 302 g/mol. The van der Waals surface area contributed by atoms with Crippen molar-refractivity contribution >= 4 is 33.7 Å². The monoisotopic (exact) mass is 311 g/mol. The minimum atomic E-state index is -0.691. The summed E-state index contributed by atoms with van der Waals surface area (Å²) in [5.41, 5.74) is 0.187. The molecule has 1 saturated heterocycles. The first-order valence-corrected chi connectivity index (χ1v) is 6.05. The number of piperazine rings is 1. The molecule has 94 valence electrons. The van der Waals surface area contributed by atoms with E-state index in [0.717, 1.165) is 0 Å². The Morgan fingerprint density at radius 2 is 2.28 bits per heavy atom. The molecule has 2 heterocycles. The first kappa shape index (κ1) is 12.7. The molecule has 3 amide bonds. The zero-order chi connectivity index (χ0) is 13.3. The Morgan fingerprint density at radius 1 is 1.56 bits per heavy atom. The van der Waals surface area contributed by atoms with E-state index in [2.05, 4.69) is 26.2 Å². The van der Waals surface area contributed by atoms with Gasteiger partial charge in [0.2, 0.25) is 11.8 Å². The van der Waals surface area contributed by atoms with Gasteiger partial charge in [-0.25, -0.2) is 4.98 Å². The van der Waals surface area contributed by atoms with Crippen molar-refractivity contribution < 1.29 is 14.4 Å². The number of nitrogens with one attached hydrogen (secondary N) is 1. The Labute approximate surface area is 111 Å². The highest BCUT2D eigenvalue weighted by Gasteiger charge is 2.34. The van der Waals surface area contributed by atoms with Gasteiger partial charge in [-0.3, -0.25) is 19.7 Å². The van der Waals surface area contributed by atoms with Gasteiger partial charge in [-0.05, 0) is 35.0 Å². The van der Waals surface area contributed by atoms with Crippen molar-refractivity contribution in [2.24, 2.45) is 0 Å². The van der Waals surface area contributed by atoms with E-state index in [0.29, 0.717) is 4.47 Å². The van der Waals surface area contributed by atoms with Crippen LogP contribution in [0, 0.1) is 0 Å².